The maximum atomic E-state index is 12.7. The second-order valence-corrected chi connectivity index (χ2v) is 5.85. The third kappa shape index (κ3) is 2.86. The van der Waals surface area contributed by atoms with Gasteiger partial charge in [-0.15, -0.1) is 0 Å². The van der Waals surface area contributed by atoms with Gasteiger partial charge in [0.25, 0.3) is 5.56 Å². The minimum absolute atomic E-state index is 0.0526. The van der Waals surface area contributed by atoms with Gasteiger partial charge >= 0.3 is 0 Å². The van der Waals surface area contributed by atoms with E-state index in [0.717, 1.165) is 16.5 Å². The predicted octanol–water partition coefficient (Wildman–Crippen LogP) is 3.29. The first kappa shape index (κ1) is 14.5. The third-order valence-electron chi connectivity index (χ3n) is 4.07. The zero-order chi connectivity index (χ0) is 16.4. The van der Waals surface area contributed by atoms with E-state index in [1.165, 1.54) is 0 Å². The van der Waals surface area contributed by atoms with Crippen LogP contribution in [0, 0.1) is 0 Å². The highest BCUT2D eigenvalue weighted by Crippen LogP contribution is 2.10. The van der Waals surface area contributed by atoms with Gasteiger partial charge < -0.3 is 4.57 Å². The molecule has 0 radical (unpaired) electrons. The zero-order valence-electron chi connectivity index (χ0n) is 13.2. The van der Waals surface area contributed by atoms with E-state index in [1.807, 2.05) is 71.7 Å². The van der Waals surface area contributed by atoms with Gasteiger partial charge in [-0.25, -0.2) is 0 Å². The maximum Gasteiger partial charge on any atom is 0.279 e. The van der Waals surface area contributed by atoms with Crippen LogP contribution in [0.25, 0.3) is 10.9 Å². The van der Waals surface area contributed by atoms with Crippen LogP contribution in [0.5, 0.6) is 0 Å². The Bertz CT molecular complexity index is 1020. The van der Waals surface area contributed by atoms with Crippen LogP contribution in [-0.2, 0) is 13.1 Å². The van der Waals surface area contributed by atoms with Gasteiger partial charge in [0.05, 0.1) is 13.1 Å². The smallest absolute Gasteiger partial charge is 0.279 e. The molecule has 0 N–H and O–H groups in total. The number of pyridine rings is 1. The molecular weight excluding hydrogens is 298 g/mol. The molecule has 24 heavy (non-hydrogen) atoms. The first-order valence-electron chi connectivity index (χ1n) is 7.94. The number of fused-ring (bicyclic) bond motifs is 1. The van der Waals surface area contributed by atoms with Crippen molar-refractivity contribution in [2.75, 3.05) is 0 Å². The van der Waals surface area contributed by atoms with Gasteiger partial charge in [0.15, 0.2) is 5.52 Å². The van der Waals surface area contributed by atoms with Crippen molar-refractivity contribution < 1.29 is 0 Å². The van der Waals surface area contributed by atoms with E-state index in [9.17, 15) is 4.79 Å². The quantitative estimate of drug-likeness (QED) is 0.580. The standard InChI is InChI=1S/C20H17N3O/c24-20-19-18(11-12-22(20)13-16-7-3-1-4-8-16)15-23(21-19)14-17-9-5-2-6-10-17/h1-12,15H,13-14H2. The largest absolute Gasteiger partial charge is 0.309 e. The Morgan fingerprint density at radius 2 is 1.42 bits per heavy atom. The molecule has 0 aliphatic heterocycles. The number of aromatic nitrogens is 3. The minimum Gasteiger partial charge on any atom is -0.309 e. The van der Waals surface area contributed by atoms with Crippen LogP contribution in [0.1, 0.15) is 11.1 Å². The Kier molecular flexibility index (Phi) is 3.71. The molecule has 0 atom stereocenters. The van der Waals surface area contributed by atoms with Gasteiger partial charge in [-0.05, 0) is 17.2 Å². The Balaban J connectivity index is 1.67. The summed E-state index contributed by atoms with van der Waals surface area (Å²) in [5.41, 5.74) is 2.73. The van der Waals surface area contributed by atoms with Gasteiger partial charge in [-0.3, -0.25) is 9.48 Å². The molecule has 4 aromatic rings. The zero-order valence-corrected chi connectivity index (χ0v) is 13.2. The SMILES string of the molecule is O=c1c2nn(Cc3ccccc3)cc2ccn1Cc1ccccc1. The highest BCUT2D eigenvalue weighted by Gasteiger charge is 2.08. The monoisotopic (exact) mass is 315 g/mol. The van der Waals surface area contributed by atoms with Crippen LogP contribution in [0.3, 0.4) is 0 Å². The van der Waals surface area contributed by atoms with Crippen molar-refractivity contribution in [3.8, 4) is 0 Å². The third-order valence-corrected chi connectivity index (χ3v) is 4.07. The van der Waals surface area contributed by atoms with Crippen LogP contribution in [-0.4, -0.2) is 14.3 Å². The van der Waals surface area contributed by atoms with Crippen LogP contribution in [0.2, 0.25) is 0 Å². The lowest BCUT2D eigenvalue weighted by molar-refractivity contribution is 0.691. The molecule has 0 amide bonds. The lowest BCUT2D eigenvalue weighted by atomic mass is 10.2. The van der Waals surface area contributed by atoms with Gasteiger partial charge in [-0.2, -0.15) is 5.10 Å². The molecule has 2 aromatic carbocycles. The summed E-state index contributed by atoms with van der Waals surface area (Å²) in [5, 5.41) is 5.37. The predicted molar refractivity (Wildman–Crippen MR) is 95.1 cm³/mol. The molecule has 0 unspecified atom stereocenters. The van der Waals surface area contributed by atoms with E-state index in [-0.39, 0.29) is 5.56 Å². The second-order valence-electron chi connectivity index (χ2n) is 5.85. The number of hydrogen-bond acceptors (Lipinski definition) is 2. The Labute approximate surface area is 139 Å². The fraction of sp³-hybridized carbons (Fsp3) is 0.100. The van der Waals surface area contributed by atoms with Crippen molar-refractivity contribution in [2.24, 2.45) is 0 Å². The molecule has 0 bridgehead atoms. The molecule has 0 aliphatic rings. The average Bonchev–Trinajstić information content (AvgIpc) is 3.03. The molecule has 2 aromatic heterocycles. The van der Waals surface area contributed by atoms with Crippen molar-refractivity contribution >= 4 is 10.9 Å². The van der Waals surface area contributed by atoms with Crippen LogP contribution in [0.4, 0.5) is 0 Å². The lowest BCUT2D eigenvalue weighted by Gasteiger charge is -2.05. The van der Waals surface area contributed by atoms with Crippen molar-refractivity contribution in [1.29, 1.82) is 0 Å². The van der Waals surface area contributed by atoms with Gasteiger partial charge in [0.2, 0.25) is 0 Å². The molecule has 0 saturated heterocycles. The summed E-state index contributed by atoms with van der Waals surface area (Å²) < 4.78 is 3.53. The summed E-state index contributed by atoms with van der Waals surface area (Å²) in [4.78, 5) is 12.7. The Hall–Kier alpha value is -3.14. The van der Waals surface area contributed by atoms with Crippen molar-refractivity contribution in [2.45, 2.75) is 13.1 Å². The van der Waals surface area contributed by atoms with Crippen LogP contribution >= 0.6 is 0 Å². The highest BCUT2D eigenvalue weighted by atomic mass is 16.1. The summed E-state index contributed by atoms with van der Waals surface area (Å²) in [7, 11) is 0. The molecule has 4 nitrogen and oxygen atoms in total. The minimum atomic E-state index is -0.0526. The van der Waals surface area contributed by atoms with E-state index >= 15 is 0 Å². The molecule has 0 saturated carbocycles. The molecular formula is C20H17N3O. The highest BCUT2D eigenvalue weighted by molar-refractivity contribution is 5.76. The number of hydrogen-bond donors (Lipinski definition) is 0. The second kappa shape index (κ2) is 6.16. The van der Waals surface area contributed by atoms with E-state index in [1.54, 1.807) is 4.57 Å². The summed E-state index contributed by atoms with van der Waals surface area (Å²) in [5.74, 6) is 0. The summed E-state index contributed by atoms with van der Waals surface area (Å²) in [6, 6.07) is 22.0. The van der Waals surface area contributed by atoms with E-state index in [0.29, 0.717) is 18.6 Å². The first-order valence-corrected chi connectivity index (χ1v) is 7.94. The first-order chi connectivity index (χ1) is 11.8. The molecule has 0 aliphatic carbocycles. The maximum absolute atomic E-state index is 12.7. The van der Waals surface area contributed by atoms with Crippen molar-refractivity contribution in [1.82, 2.24) is 14.3 Å². The lowest BCUT2D eigenvalue weighted by Crippen LogP contribution is -2.20. The van der Waals surface area contributed by atoms with Gasteiger partial charge in [-0.1, -0.05) is 60.7 Å². The number of benzene rings is 2. The van der Waals surface area contributed by atoms with E-state index < -0.39 is 0 Å². The normalized spacial score (nSPS) is 11.0. The molecule has 4 heteroatoms. The van der Waals surface area contributed by atoms with Crippen LogP contribution < -0.4 is 5.56 Å². The summed E-state index contributed by atoms with van der Waals surface area (Å²) in [6.07, 6.45) is 3.77. The molecule has 0 spiro atoms. The molecule has 4 rings (SSSR count). The van der Waals surface area contributed by atoms with Gasteiger partial charge in [0, 0.05) is 17.8 Å². The Morgan fingerprint density at radius 3 is 2.08 bits per heavy atom. The van der Waals surface area contributed by atoms with Crippen LogP contribution in [0.15, 0.2) is 83.9 Å². The van der Waals surface area contributed by atoms with E-state index in [2.05, 4.69) is 17.2 Å². The fourth-order valence-electron chi connectivity index (χ4n) is 2.86. The fourth-order valence-corrected chi connectivity index (χ4v) is 2.86. The average molecular weight is 315 g/mol. The summed E-state index contributed by atoms with van der Waals surface area (Å²) in [6.45, 7) is 1.22. The van der Waals surface area contributed by atoms with Crippen molar-refractivity contribution in [3.63, 3.8) is 0 Å². The molecule has 2 heterocycles. The van der Waals surface area contributed by atoms with E-state index in [4.69, 9.17) is 0 Å². The molecule has 118 valence electrons. The topological polar surface area (TPSA) is 39.8 Å². The van der Waals surface area contributed by atoms with Gasteiger partial charge in [0.1, 0.15) is 0 Å². The summed E-state index contributed by atoms with van der Waals surface area (Å²) >= 11 is 0. The number of nitrogens with zero attached hydrogens (tertiary/aromatic N) is 3. The molecule has 0 fully saturated rings. The number of rotatable bonds is 4. The Morgan fingerprint density at radius 1 is 0.792 bits per heavy atom. The van der Waals surface area contributed by atoms with Crippen molar-refractivity contribution in [3.05, 3.63) is 101 Å².